The minimum atomic E-state index is -8.21. The Kier molecular flexibility index (Phi) is 16.4. The van der Waals surface area contributed by atoms with E-state index in [2.05, 4.69) is 6.92 Å². The molecule has 0 saturated heterocycles. The normalized spacial score (nSPS) is 14.6. The first-order valence-corrected chi connectivity index (χ1v) is 14.4. The summed E-state index contributed by atoms with van der Waals surface area (Å²) in [5.41, 5.74) is 0. The number of alkyl halides is 15. The van der Waals surface area contributed by atoms with E-state index in [-0.39, 0.29) is 12.8 Å². The van der Waals surface area contributed by atoms with Crippen molar-refractivity contribution in [3.63, 3.8) is 0 Å². The molecule has 0 saturated carbocycles. The smallest absolute Gasteiger partial charge is 0.200 e. The highest BCUT2D eigenvalue weighted by atomic mass is 19.4. The third-order valence-corrected chi connectivity index (χ3v) is 7.24. The van der Waals surface area contributed by atoms with Gasteiger partial charge in [0, 0.05) is 6.42 Å². The van der Waals surface area contributed by atoms with Gasteiger partial charge >= 0.3 is 41.7 Å². The number of unbranched alkanes of at least 4 members (excludes halogenated alkanes) is 17. The Labute approximate surface area is 237 Å². The van der Waals surface area contributed by atoms with Crippen LogP contribution >= 0.6 is 0 Å². The molecule has 0 aromatic carbocycles. The van der Waals surface area contributed by atoms with Gasteiger partial charge in [-0.15, -0.1) is 0 Å². The molecule has 0 heterocycles. The molecule has 0 unspecified atom stereocenters. The topological polar surface area (TPSA) is 0 Å². The van der Waals surface area contributed by atoms with Crippen LogP contribution in [0, 0.1) is 0 Å². The first-order chi connectivity index (χ1) is 19.1. The summed E-state index contributed by atoms with van der Waals surface area (Å²) in [7, 11) is 0. The fourth-order valence-electron chi connectivity index (χ4n) is 4.40. The molecule has 0 aliphatic carbocycles. The highest BCUT2D eigenvalue weighted by molar-refractivity contribution is 5.12. The van der Waals surface area contributed by atoms with E-state index < -0.39 is 54.6 Å². The van der Waals surface area contributed by atoms with Gasteiger partial charge in [-0.25, -0.2) is 0 Å². The Morgan fingerprint density at radius 2 is 0.524 bits per heavy atom. The Balaban J connectivity index is 4.50. The second-order valence-corrected chi connectivity index (χ2v) is 10.8. The van der Waals surface area contributed by atoms with Gasteiger partial charge in [0.25, 0.3) is 0 Å². The first-order valence-electron chi connectivity index (χ1n) is 14.4. The molecule has 254 valence electrons. The molecule has 0 radical (unpaired) electrons. The van der Waals surface area contributed by atoms with Gasteiger partial charge in [-0.1, -0.05) is 116 Å². The molecule has 0 rings (SSSR count). The van der Waals surface area contributed by atoms with E-state index in [9.17, 15) is 65.9 Å². The first kappa shape index (κ1) is 41.0. The largest absolute Gasteiger partial charge is 0.460 e. The van der Waals surface area contributed by atoms with Gasteiger partial charge in [-0.2, -0.15) is 65.9 Å². The summed E-state index contributed by atoms with van der Waals surface area (Å²) < 4.78 is 198. The zero-order chi connectivity index (χ0) is 32.9. The van der Waals surface area contributed by atoms with Gasteiger partial charge in [0.15, 0.2) is 0 Å². The lowest BCUT2D eigenvalue weighted by atomic mass is 9.89. The fourth-order valence-corrected chi connectivity index (χ4v) is 4.40. The molecule has 0 amide bonds. The van der Waals surface area contributed by atoms with Crippen molar-refractivity contribution in [1.29, 1.82) is 0 Å². The number of hydrogen-bond donors (Lipinski definition) is 0. The van der Waals surface area contributed by atoms with E-state index in [0.717, 1.165) is 38.5 Å². The molecule has 0 spiro atoms. The molecule has 0 aromatic rings. The minimum absolute atomic E-state index is 0.169. The van der Waals surface area contributed by atoms with Crippen molar-refractivity contribution in [2.24, 2.45) is 0 Å². The molecule has 15 heteroatoms. The van der Waals surface area contributed by atoms with E-state index in [1.54, 1.807) is 0 Å². The standard InChI is InChI=1S/C27H41F15/c1-2-3-4-5-6-7-8-9-10-11-12-13-14-15-16-17-18-19-20-21(28,29)22(30,31)23(32,33)24(34,35)25(36,37)26(38,39)27(40,41)42/h2-20H2,1H3. The predicted molar refractivity (Wildman–Crippen MR) is 129 cm³/mol. The summed E-state index contributed by atoms with van der Waals surface area (Å²) in [6.07, 6.45) is 4.95. The molecule has 0 fully saturated rings. The van der Waals surface area contributed by atoms with Crippen LogP contribution in [-0.2, 0) is 0 Å². The van der Waals surface area contributed by atoms with Crippen LogP contribution in [0.25, 0.3) is 0 Å². The van der Waals surface area contributed by atoms with E-state index in [0.29, 0.717) is 12.8 Å². The molecule has 0 aliphatic heterocycles. The van der Waals surface area contributed by atoms with Gasteiger partial charge in [-0.3, -0.25) is 0 Å². The molecule has 0 bridgehead atoms. The molecule has 0 aliphatic rings. The van der Waals surface area contributed by atoms with Crippen molar-refractivity contribution in [2.75, 3.05) is 0 Å². The Hall–Kier alpha value is -1.05. The van der Waals surface area contributed by atoms with Crippen molar-refractivity contribution >= 4 is 0 Å². The molecule has 0 aromatic heterocycles. The van der Waals surface area contributed by atoms with Crippen molar-refractivity contribution in [3.05, 3.63) is 0 Å². The van der Waals surface area contributed by atoms with Crippen molar-refractivity contribution < 1.29 is 65.9 Å². The summed E-state index contributed by atoms with van der Waals surface area (Å²) >= 11 is 0. The summed E-state index contributed by atoms with van der Waals surface area (Å²) in [4.78, 5) is 0. The maximum atomic E-state index is 13.8. The third-order valence-electron chi connectivity index (χ3n) is 7.24. The van der Waals surface area contributed by atoms with Crippen LogP contribution in [0.4, 0.5) is 65.9 Å². The van der Waals surface area contributed by atoms with Crippen LogP contribution in [0.15, 0.2) is 0 Å². The van der Waals surface area contributed by atoms with Crippen LogP contribution in [0.1, 0.15) is 129 Å². The highest BCUT2D eigenvalue weighted by Crippen LogP contribution is 2.62. The monoisotopic (exact) mass is 650 g/mol. The maximum absolute atomic E-state index is 13.8. The van der Waals surface area contributed by atoms with Gasteiger partial charge in [0.1, 0.15) is 0 Å². The summed E-state index contributed by atoms with van der Waals surface area (Å²) in [6.45, 7) is 2.16. The minimum Gasteiger partial charge on any atom is -0.200 e. The van der Waals surface area contributed by atoms with Crippen LogP contribution in [0.2, 0.25) is 0 Å². The Bertz CT molecular complexity index is 730. The number of rotatable bonds is 24. The average Bonchev–Trinajstić information content (AvgIpc) is 2.86. The summed E-state index contributed by atoms with van der Waals surface area (Å²) in [6, 6.07) is 0. The van der Waals surface area contributed by atoms with Crippen LogP contribution in [0.5, 0.6) is 0 Å². The lowest BCUT2D eigenvalue weighted by Gasteiger charge is -2.41. The van der Waals surface area contributed by atoms with Crippen LogP contribution in [0.3, 0.4) is 0 Å². The third kappa shape index (κ3) is 10.3. The molecule has 42 heavy (non-hydrogen) atoms. The molecule has 0 N–H and O–H groups in total. The van der Waals surface area contributed by atoms with Gasteiger partial charge in [-0.05, 0) is 6.42 Å². The van der Waals surface area contributed by atoms with Crippen LogP contribution < -0.4 is 0 Å². The van der Waals surface area contributed by atoms with Gasteiger partial charge in [0.2, 0.25) is 0 Å². The highest BCUT2D eigenvalue weighted by Gasteiger charge is 2.93. The fraction of sp³-hybridized carbons (Fsp3) is 1.00. The number of halogens is 15. The summed E-state index contributed by atoms with van der Waals surface area (Å²) in [5.74, 6) is -45.8. The van der Waals surface area contributed by atoms with Crippen LogP contribution in [-0.4, -0.2) is 41.7 Å². The molecular weight excluding hydrogens is 609 g/mol. The molecule has 0 atom stereocenters. The second-order valence-electron chi connectivity index (χ2n) is 10.8. The zero-order valence-corrected chi connectivity index (χ0v) is 23.6. The van der Waals surface area contributed by atoms with Crippen molar-refractivity contribution in [2.45, 2.75) is 171 Å². The Morgan fingerprint density at radius 3 is 0.810 bits per heavy atom. The average molecular weight is 651 g/mol. The molecule has 0 nitrogen and oxygen atoms in total. The SMILES string of the molecule is CCCCCCCCCCCCCCCCCCCCC(F)(F)C(F)(F)C(F)(F)C(F)(F)C(F)(F)C(F)(F)C(F)(F)F. The molecular formula is C27H41F15. The van der Waals surface area contributed by atoms with Gasteiger partial charge in [0.05, 0.1) is 0 Å². The van der Waals surface area contributed by atoms with E-state index in [4.69, 9.17) is 0 Å². The van der Waals surface area contributed by atoms with E-state index in [1.165, 1.54) is 44.9 Å². The lowest BCUT2D eigenvalue weighted by molar-refractivity contribution is -0.452. The zero-order valence-electron chi connectivity index (χ0n) is 23.6. The van der Waals surface area contributed by atoms with Crippen molar-refractivity contribution in [1.82, 2.24) is 0 Å². The number of hydrogen-bond acceptors (Lipinski definition) is 0. The Morgan fingerprint density at radius 1 is 0.286 bits per heavy atom. The lowest BCUT2D eigenvalue weighted by Crippen LogP contribution is -2.72. The predicted octanol–water partition coefficient (Wildman–Crippen LogP) is 12.8. The van der Waals surface area contributed by atoms with E-state index in [1.807, 2.05) is 0 Å². The second kappa shape index (κ2) is 16.9. The maximum Gasteiger partial charge on any atom is 0.460 e. The van der Waals surface area contributed by atoms with Gasteiger partial charge < -0.3 is 0 Å². The van der Waals surface area contributed by atoms with Crippen molar-refractivity contribution in [3.8, 4) is 0 Å². The summed E-state index contributed by atoms with van der Waals surface area (Å²) in [5, 5.41) is 0. The van der Waals surface area contributed by atoms with E-state index >= 15 is 0 Å². The quantitative estimate of drug-likeness (QED) is 0.0720.